The fraction of sp³-hybridized carbons (Fsp3) is 0.800. The van der Waals surface area contributed by atoms with E-state index in [2.05, 4.69) is 0 Å². The molecule has 0 unspecified atom stereocenters. The average molecular weight is 368 g/mol. The average Bonchev–Trinajstić information content (AvgIpc) is 2.58. The van der Waals surface area contributed by atoms with Gasteiger partial charge < -0.3 is 10.2 Å². The van der Waals surface area contributed by atoms with Gasteiger partial charge in [-0.1, -0.05) is 41.5 Å². The quantitative estimate of drug-likeness (QED) is 0.611. The van der Waals surface area contributed by atoms with Crippen LogP contribution in [0.1, 0.15) is 67.2 Å². The Labute approximate surface area is 155 Å². The number of hydrogen-bond donors (Lipinski definition) is 2. The van der Waals surface area contributed by atoms with Crippen LogP contribution in [-0.4, -0.2) is 33.7 Å². The zero-order valence-electron chi connectivity index (χ0n) is 16.7. The van der Waals surface area contributed by atoms with Crippen LogP contribution < -0.4 is 0 Å². The van der Waals surface area contributed by atoms with Gasteiger partial charge in [0.15, 0.2) is 0 Å². The maximum atomic E-state index is 13.1. The minimum absolute atomic E-state index is 0.346. The van der Waals surface area contributed by atoms with Crippen LogP contribution in [0, 0.1) is 34.5 Å². The second-order valence-electron chi connectivity index (χ2n) is 8.04. The third-order valence-corrected chi connectivity index (χ3v) is 7.03. The van der Waals surface area contributed by atoms with Crippen molar-refractivity contribution in [2.75, 3.05) is 0 Å². The standard InChI is InChI=1S/C20H32O6/c1-7-19(5,8-2)15(21)11-13(17(23)24)12(14(11)18(25)26)16(22)20(6,9-3)10-4/h11-14H,7-10H2,1-6H3,(H,23,24)(H,25,26). The van der Waals surface area contributed by atoms with E-state index in [1.807, 2.05) is 27.7 Å². The number of carbonyl (C=O) groups excluding carboxylic acids is 2. The maximum Gasteiger partial charge on any atom is 0.308 e. The Bertz CT molecular complexity index is 525. The lowest BCUT2D eigenvalue weighted by molar-refractivity contribution is -0.185. The molecule has 1 aliphatic carbocycles. The predicted molar refractivity (Wildman–Crippen MR) is 96.6 cm³/mol. The highest BCUT2D eigenvalue weighted by molar-refractivity contribution is 6.03. The van der Waals surface area contributed by atoms with Crippen molar-refractivity contribution in [3.05, 3.63) is 0 Å². The van der Waals surface area contributed by atoms with Gasteiger partial charge in [-0.05, 0) is 25.7 Å². The summed E-state index contributed by atoms with van der Waals surface area (Å²) in [6.07, 6.45) is 1.99. The van der Waals surface area contributed by atoms with Gasteiger partial charge in [-0.2, -0.15) is 0 Å². The molecule has 26 heavy (non-hydrogen) atoms. The lowest BCUT2D eigenvalue weighted by atomic mass is 9.48. The number of carboxylic acid groups (broad SMARTS) is 2. The van der Waals surface area contributed by atoms with Crippen molar-refractivity contribution in [3.63, 3.8) is 0 Å². The summed E-state index contributed by atoms with van der Waals surface area (Å²) >= 11 is 0. The molecule has 1 saturated carbocycles. The molecule has 0 aromatic heterocycles. The molecular weight excluding hydrogens is 336 g/mol. The van der Waals surface area contributed by atoms with Crippen molar-refractivity contribution in [2.24, 2.45) is 34.5 Å². The maximum absolute atomic E-state index is 13.1. The van der Waals surface area contributed by atoms with Gasteiger partial charge in [0.2, 0.25) is 0 Å². The molecule has 0 spiro atoms. The summed E-state index contributed by atoms with van der Waals surface area (Å²) < 4.78 is 0. The summed E-state index contributed by atoms with van der Waals surface area (Å²) in [6, 6.07) is 0. The van der Waals surface area contributed by atoms with E-state index in [-0.39, 0.29) is 11.6 Å². The molecule has 148 valence electrons. The van der Waals surface area contributed by atoms with E-state index >= 15 is 0 Å². The van der Waals surface area contributed by atoms with Crippen LogP contribution in [0.2, 0.25) is 0 Å². The van der Waals surface area contributed by atoms with E-state index in [1.165, 1.54) is 0 Å². The summed E-state index contributed by atoms with van der Waals surface area (Å²) in [7, 11) is 0. The van der Waals surface area contributed by atoms with Crippen molar-refractivity contribution < 1.29 is 29.4 Å². The van der Waals surface area contributed by atoms with Crippen LogP contribution in [0.5, 0.6) is 0 Å². The number of aliphatic carboxylic acids is 2. The smallest absolute Gasteiger partial charge is 0.308 e. The monoisotopic (exact) mass is 368 g/mol. The molecule has 0 amide bonds. The number of ketones is 2. The molecule has 0 aromatic rings. The van der Waals surface area contributed by atoms with Gasteiger partial charge in [-0.3, -0.25) is 19.2 Å². The molecule has 1 rings (SSSR count). The summed E-state index contributed by atoms with van der Waals surface area (Å²) in [5.74, 6) is -8.03. The molecule has 0 heterocycles. The summed E-state index contributed by atoms with van der Waals surface area (Å²) in [5, 5.41) is 19.4. The molecular formula is C20H32O6. The van der Waals surface area contributed by atoms with Crippen molar-refractivity contribution in [1.29, 1.82) is 0 Å². The van der Waals surface area contributed by atoms with Gasteiger partial charge >= 0.3 is 11.9 Å². The number of rotatable bonds is 10. The Balaban J connectivity index is 3.39. The Morgan fingerprint density at radius 1 is 0.615 bits per heavy atom. The van der Waals surface area contributed by atoms with Crippen molar-refractivity contribution in [1.82, 2.24) is 0 Å². The summed E-state index contributed by atoms with van der Waals surface area (Å²) in [5.41, 5.74) is -1.56. The fourth-order valence-corrected chi connectivity index (χ4v) is 4.02. The van der Waals surface area contributed by atoms with Crippen LogP contribution in [0.3, 0.4) is 0 Å². The Kier molecular flexibility index (Phi) is 6.77. The normalized spacial score (nSPS) is 26.1. The highest BCUT2D eigenvalue weighted by Crippen LogP contribution is 2.53. The summed E-state index contributed by atoms with van der Waals surface area (Å²) in [4.78, 5) is 49.9. The first-order valence-electron chi connectivity index (χ1n) is 9.49. The number of Topliss-reactive ketones (excluding diaryl/α,β-unsaturated/α-hetero) is 2. The Hall–Kier alpha value is -1.72. The van der Waals surface area contributed by atoms with Crippen molar-refractivity contribution >= 4 is 23.5 Å². The van der Waals surface area contributed by atoms with E-state index in [1.54, 1.807) is 13.8 Å². The van der Waals surface area contributed by atoms with Crippen LogP contribution in [-0.2, 0) is 19.2 Å². The number of hydrogen-bond acceptors (Lipinski definition) is 4. The van der Waals surface area contributed by atoms with E-state index in [0.29, 0.717) is 25.7 Å². The minimum atomic E-state index is -1.26. The molecule has 0 aromatic carbocycles. The molecule has 0 atom stereocenters. The van der Waals surface area contributed by atoms with Crippen LogP contribution in [0.4, 0.5) is 0 Å². The third-order valence-electron chi connectivity index (χ3n) is 7.03. The van der Waals surface area contributed by atoms with Crippen molar-refractivity contribution in [3.8, 4) is 0 Å². The first kappa shape index (κ1) is 22.3. The minimum Gasteiger partial charge on any atom is -0.481 e. The third kappa shape index (κ3) is 3.42. The molecule has 0 aliphatic heterocycles. The molecule has 1 fully saturated rings. The van der Waals surface area contributed by atoms with E-state index in [4.69, 9.17) is 0 Å². The first-order valence-corrected chi connectivity index (χ1v) is 9.49. The second kappa shape index (κ2) is 7.89. The molecule has 6 nitrogen and oxygen atoms in total. The van der Waals surface area contributed by atoms with Gasteiger partial charge in [0.05, 0.1) is 11.8 Å². The van der Waals surface area contributed by atoms with Gasteiger partial charge in [-0.15, -0.1) is 0 Å². The molecule has 0 radical (unpaired) electrons. The zero-order chi connectivity index (χ0) is 20.4. The van der Waals surface area contributed by atoms with Crippen LogP contribution >= 0.6 is 0 Å². The fourth-order valence-electron chi connectivity index (χ4n) is 4.02. The van der Waals surface area contributed by atoms with Gasteiger partial charge in [0.25, 0.3) is 0 Å². The topological polar surface area (TPSA) is 109 Å². The Morgan fingerprint density at radius 2 is 0.846 bits per heavy atom. The SMILES string of the molecule is CCC(C)(CC)C(=O)C1C(C(=O)O)C(C(=O)C(C)(CC)CC)C1C(=O)O. The van der Waals surface area contributed by atoms with Gasteiger partial charge in [0.1, 0.15) is 11.6 Å². The van der Waals surface area contributed by atoms with E-state index < -0.39 is 46.4 Å². The first-order chi connectivity index (χ1) is 12.0. The molecule has 0 bridgehead atoms. The highest BCUT2D eigenvalue weighted by atomic mass is 16.4. The molecule has 0 saturated heterocycles. The predicted octanol–water partition coefficient (Wildman–Crippen LogP) is 3.42. The van der Waals surface area contributed by atoms with Gasteiger partial charge in [-0.25, -0.2) is 0 Å². The highest BCUT2D eigenvalue weighted by Gasteiger charge is 2.66. The summed E-state index contributed by atoms with van der Waals surface area (Å²) in [6.45, 7) is 10.8. The number of carboxylic acids is 2. The number of carbonyl (C=O) groups is 4. The molecule has 6 heteroatoms. The lowest BCUT2D eigenvalue weighted by Gasteiger charge is -2.50. The zero-order valence-corrected chi connectivity index (χ0v) is 16.7. The van der Waals surface area contributed by atoms with E-state index in [0.717, 1.165) is 0 Å². The van der Waals surface area contributed by atoms with Gasteiger partial charge in [0, 0.05) is 22.7 Å². The Morgan fingerprint density at radius 3 is 1.00 bits per heavy atom. The van der Waals surface area contributed by atoms with Crippen LogP contribution in [0.25, 0.3) is 0 Å². The second-order valence-corrected chi connectivity index (χ2v) is 8.04. The lowest BCUT2D eigenvalue weighted by Crippen LogP contribution is -2.63. The molecule has 2 N–H and O–H groups in total. The van der Waals surface area contributed by atoms with Crippen molar-refractivity contribution in [2.45, 2.75) is 67.2 Å². The van der Waals surface area contributed by atoms with E-state index in [9.17, 15) is 29.4 Å². The van der Waals surface area contributed by atoms with Crippen LogP contribution in [0.15, 0.2) is 0 Å². The molecule has 1 aliphatic rings. The largest absolute Gasteiger partial charge is 0.481 e.